The Labute approximate surface area is 212 Å². The topological polar surface area (TPSA) is 78.0 Å². The first-order valence-electron chi connectivity index (χ1n) is 11.6. The molecule has 1 aliphatic rings. The molecule has 0 saturated carbocycles. The predicted octanol–water partition coefficient (Wildman–Crippen LogP) is 5.05. The van der Waals surface area contributed by atoms with Crippen LogP contribution < -0.4 is 15.0 Å². The van der Waals surface area contributed by atoms with Crippen LogP contribution in [0, 0.1) is 6.92 Å². The number of piperazine rings is 1. The van der Waals surface area contributed by atoms with Crippen LogP contribution in [-0.2, 0) is 0 Å². The van der Waals surface area contributed by atoms with Crippen molar-refractivity contribution in [3.05, 3.63) is 78.1 Å². The lowest BCUT2D eigenvalue weighted by atomic mass is 10.1. The molecule has 1 saturated heterocycles. The van der Waals surface area contributed by atoms with Crippen molar-refractivity contribution in [3.8, 4) is 5.75 Å². The van der Waals surface area contributed by atoms with Gasteiger partial charge in [0.25, 0.3) is 5.91 Å². The van der Waals surface area contributed by atoms with Gasteiger partial charge in [0.15, 0.2) is 5.75 Å². The largest absolute Gasteiger partial charge is 0.573 e. The van der Waals surface area contributed by atoms with Crippen LogP contribution in [0.4, 0.5) is 35.0 Å². The van der Waals surface area contributed by atoms with Crippen LogP contribution in [0.2, 0.25) is 0 Å². The van der Waals surface area contributed by atoms with Gasteiger partial charge in [-0.2, -0.15) is 0 Å². The van der Waals surface area contributed by atoms with Gasteiger partial charge in [-0.1, -0.05) is 12.1 Å². The molecule has 0 unspecified atom stereocenters. The summed E-state index contributed by atoms with van der Waals surface area (Å²) in [6.45, 7) is 3.01. The first-order valence-corrected chi connectivity index (χ1v) is 11.6. The number of nitrogens with zero attached hydrogens (tertiary/aromatic N) is 4. The van der Waals surface area contributed by atoms with Gasteiger partial charge in [-0.3, -0.25) is 9.78 Å². The Hall–Kier alpha value is -4.28. The van der Waals surface area contributed by atoms with E-state index in [0.717, 1.165) is 23.0 Å². The molecule has 0 atom stereocenters. The molecule has 4 rings (SSSR count). The number of rotatable bonds is 5. The summed E-state index contributed by atoms with van der Waals surface area (Å²) in [6, 6.07) is 14.1. The van der Waals surface area contributed by atoms with E-state index in [1.165, 1.54) is 23.1 Å². The third-order valence-electron chi connectivity index (χ3n) is 6.06. The number of pyridine rings is 1. The number of aromatic nitrogens is 1. The zero-order chi connectivity index (χ0) is 26.6. The third-order valence-corrected chi connectivity index (χ3v) is 6.06. The normalized spacial score (nSPS) is 13.8. The first-order chi connectivity index (χ1) is 17.6. The summed E-state index contributed by atoms with van der Waals surface area (Å²) in [4.78, 5) is 34.9. The molecular weight excluding hydrogens is 487 g/mol. The summed E-state index contributed by atoms with van der Waals surface area (Å²) in [6.07, 6.45) is -1.44. The Balaban J connectivity index is 1.36. The van der Waals surface area contributed by atoms with Gasteiger partial charge in [-0.25, -0.2) is 4.79 Å². The lowest BCUT2D eigenvalue weighted by Crippen LogP contribution is -2.51. The van der Waals surface area contributed by atoms with Gasteiger partial charge >= 0.3 is 12.4 Å². The standard InChI is InChI=1S/C26H26F3N5O3/c1-18-17-19(7-8-22(18)32(2)20-9-11-30-12-10-20)24(35)33-13-15-34(16-14-33)25(36)31-21-5-3-4-6-23(21)37-26(27,28)29/h3-12,17H,13-16H2,1-2H3,(H,31,36). The highest BCUT2D eigenvalue weighted by molar-refractivity contribution is 5.95. The van der Waals surface area contributed by atoms with Gasteiger partial charge in [-0.15, -0.1) is 13.2 Å². The lowest BCUT2D eigenvalue weighted by Gasteiger charge is -2.35. The number of nitrogens with one attached hydrogen (secondary N) is 1. The van der Waals surface area contributed by atoms with Crippen molar-refractivity contribution in [2.75, 3.05) is 43.4 Å². The second-order valence-electron chi connectivity index (χ2n) is 8.52. The molecule has 0 radical (unpaired) electrons. The maximum atomic E-state index is 13.1. The number of aryl methyl sites for hydroxylation is 1. The predicted molar refractivity (Wildman–Crippen MR) is 133 cm³/mol. The Morgan fingerprint density at radius 3 is 2.27 bits per heavy atom. The third kappa shape index (κ3) is 6.29. The fourth-order valence-electron chi connectivity index (χ4n) is 4.14. The Kier molecular flexibility index (Phi) is 7.51. The summed E-state index contributed by atoms with van der Waals surface area (Å²) in [5.74, 6) is -0.643. The molecule has 0 aliphatic carbocycles. The number of para-hydroxylation sites is 2. The quantitative estimate of drug-likeness (QED) is 0.517. The number of halogens is 3. The van der Waals surface area contributed by atoms with Gasteiger partial charge in [-0.05, 0) is 55.0 Å². The summed E-state index contributed by atoms with van der Waals surface area (Å²) >= 11 is 0. The summed E-state index contributed by atoms with van der Waals surface area (Å²) in [5, 5.41) is 2.47. The molecule has 2 heterocycles. The zero-order valence-electron chi connectivity index (χ0n) is 20.3. The summed E-state index contributed by atoms with van der Waals surface area (Å²) < 4.78 is 41.9. The van der Waals surface area contributed by atoms with Crippen molar-refractivity contribution >= 4 is 29.0 Å². The molecule has 0 spiro atoms. The molecule has 3 amide bonds. The van der Waals surface area contributed by atoms with Crippen molar-refractivity contribution in [1.29, 1.82) is 0 Å². The number of amides is 3. The van der Waals surface area contributed by atoms with E-state index in [1.807, 2.05) is 43.1 Å². The van der Waals surface area contributed by atoms with E-state index in [9.17, 15) is 22.8 Å². The monoisotopic (exact) mass is 513 g/mol. The molecule has 1 N–H and O–H groups in total. The number of benzene rings is 2. The highest BCUT2D eigenvalue weighted by Gasteiger charge is 2.32. The van der Waals surface area contributed by atoms with Gasteiger partial charge in [0.05, 0.1) is 5.69 Å². The fourth-order valence-corrected chi connectivity index (χ4v) is 4.14. The van der Waals surface area contributed by atoms with Gasteiger partial charge in [0.1, 0.15) is 0 Å². The van der Waals surface area contributed by atoms with E-state index in [4.69, 9.17) is 0 Å². The SMILES string of the molecule is Cc1cc(C(=O)N2CCN(C(=O)Nc3ccccc3OC(F)(F)F)CC2)ccc1N(C)c1ccncc1. The number of hydrogen-bond acceptors (Lipinski definition) is 5. The number of hydrogen-bond donors (Lipinski definition) is 1. The van der Waals surface area contributed by atoms with Crippen LogP contribution in [0.3, 0.4) is 0 Å². The summed E-state index contributed by atoms with van der Waals surface area (Å²) in [7, 11) is 1.94. The van der Waals surface area contributed by atoms with Crippen LogP contribution in [-0.4, -0.2) is 66.3 Å². The van der Waals surface area contributed by atoms with Crippen LogP contribution in [0.5, 0.6) is 5.75 Å². The van der Waals surface area contributed by atoms with Gasteiger partial charge in [0.2, 0.25) is 0 Å². The summed E-state index contributed by atoms with van der Waals surface area (Å²) in [5.41, 5.74) is 3.32. The minimum atomic E-state index is -4.88. The maximum absolute atomic E-state index is 13.1. The molecule has 1 fully saturated rings. The number of ether oxygens (including phenoxy) is 1. The number of alkyl halides is 3. The highest BCUT2D eigenvalue weighted by atomic mass is 19.4. The molecule has 1 aromatic heterocycles. The van der Waals surface area contributed by atoms with Gasteiger partial charge < -0.3 is 24.8 Å². The van der Waals surface area contributed by atoms with E-state index >= 15 is 0 Å². The molecule has 11 heteroatoms. The molecule has 3 aromatic rings. The minimum Gasteiger partial charge on any atom is -0.404 e. The Morgan fingerprint density at radius 2 is 1.62 bits per heavy atom. The fraction of sp³-hybridized carbons (Fsp3) is 0.269. The van der Waals surface area contributed by atoms with E-state index in [0.29, 0.717) is 18.7 Å². The molecule has 1 aliphatic heterocycles. The highest BCUT2D eigenvalue weighted by Crippen LogP contribution is 2.30. The van der Waals surface area contributed by atoms with Crippen LogP contribution >= 0.6 is 0 Å². The van der Waals surface area contributed by atoms with Crippen molar-refractivity contribution in [2.45, 2.75) is 13.3 Å². The molecular formula is C26H26F3N5O3. The minimum absolute atomic E-state index is 0.0874. The van der Waals surface area contributed by atoms with Crippen molar-refractivity contribution in [2.24, 2.45) is 0 Å². The maximum Gasteiger partial charge on any atom is 0.573 e. The van der Waals surface area contributed by atoms with E-state index in [1.54, 1.807) is 23.4 Å². The number of carbonyl (C=O) groups excluding carboxylic acids is 2. The molecule has 194 valence electrons. The zero-order valence-corrected chi connectivity index (χ0v) is 20.3. The molecule has 8 nitrogen and oxygen atoms in total. The van der Waals surface area contributed by atoms with E-state index in [-0.39, 0.29) is 24.7 Å². The Bertz CT molecular complexity index is 1260. The van der Waals surface area contributed by atoms with Crippen molar-refractivity contribution in [3.63, 3.8) is 0 Å². The molecule has 0 bridgehead atoms. The second-order valence-corrected chi connectivity index (χ2v) is 8.52. The van der Waals surface area contributed by atoms with E-state index in [2.05, 4.69) is 15.0 Å². The Morgan fingerprint density at radius 1 is 0.973 bits per heavy atom. The van der Waals surface area contributed by atoms with Crippen LogP contribution in [0.1, 0.15) is 15.9 Å². The number of carbonyl (C=O) groups is 2. The average molecular weight is 514 g/mol. The molecule has 2 aromatic carbocycles. The second kappa shape index (κ2) is 10.8. The lowest BCUT2D eigenvalue weighted by molar-refractivity contribution is -0.274. The van der Waals surface area contributed by atoms with E-state index < -0.39 is 18.1 Å². The van der Waals surface area contributed by atoms with Crippen LogP contribution in [0.15, 0.2) is 67.0 Å². The number of anilines is 3. The first kappa shape index (κ1) is 25.8. The van der Waals surface area contributed by atoms with Crippen LogP contribution in [0.25, 0.3) is 0 Å². The smallest absolute Gasteiger partial charge is 0.404 e. The number of urea groups is 1. The van der Waals surface area contributed by atoms with Gasteiger partial charge in [0, 0.05) is 62.6 Å². The van der Waals surface area contributed by atoms with Crippen molar-refractivity contribution < 1.29 is 27.5 Å². The van der Waals surface area contributed by atoms with Crippen molar-refractivity contribution in [1.82, 2.24) is 14.8 Å². The average Bonchev–Trinajstić information content (AvgIpc) is 2.88. The molecule has 37 heavy (non-hydrogen) atoms.